The van der Waals surface area contributed by atoms with Crippen LogP contribution in [0.1, 0.15) is 335 Å². The molecule has 0 N–H and O–H groups in total. The maximum absolute atomic E-state index is 12.9. The lowest BCUT2D eigenvalue weighted by molar-refractivity contribution is -0.167. The molecule has 0 saturated carbocycles. The van der Waals surface area contributed by atoms with Gasteiger partial charge in [0, 0.05) is 19.3 Å². The minimum absolute atomic E-state index is 0.0876. The van der Waals surface area contributed by atoms with Crippen LogP contribution in [0.25, 0.3) is 0 Å². The molecular formula is C74H128O6. The number of ether oxygens (including phenoxy) is 3. The van der Waals surface area contributed by atoms with Gasteiger partial charge in [-0.05, 0) is 103 Å². The Balaban J connectivity index is 4.42. The van der Waals surface area contributed by atoms with Crippen molar-refractivity contribution in [2.24, 2.45) is 0 Å². The van der Waals surface area contributed by atoms with Crippen LogP contribution in [0.2, 0.25) is 0 Å². The molecule has 6 heteroatoms. The number of hydrogen-bond acceptors (Lipinski definition) is 6. The Kier molecular flexibility index (Phi) is 64.7. The van der Waals surface area contributed by atoms with Crippen LogP contribution in [0.4, 0.5) is 0 Å². The monoisotopic (exact) mass is 1110 g/mol. The van der Waals surface area contributed by atoms with Crippen molar-refractivity contribution in [2.45, 2.75) is 341 Å². The van der Waals surface area contributed by atoms with Gasteiger partial charge in [-0.1, -0.05) is 311 Å². The van der Waals surface area contributed by atoms with E-state index >= 15 is 0 Å². The van der Waals surface area contributed by atoms with Gasteiger partial charge in [-0.25, -0.2) is 0 Å². The predicted octanol–water partition coefficient (Wildman–Crippen LogP) is 23.6. The maximum atomic E-state index is 12.9. The van der Waals surface area contributed by atoms with E-state index in [1.165, 1.54) is 167 Å². The van der Waals surface area contributed by atoms with Crippen molar-refractivity contribution in [3.05, 3.63) is 97.2 Å². The fourth-order valence-corrected chi connectivity index (χ4v) is 9.71. The van der Waals surface area contributed by atoms with E-state index in [2.05, 4.69) is 118 Å². The lowest BCUT2D eigenvalue weighted by atomic mass is 10.0. The molecule has 0 aromatic carbocycles. The molecule has 0 aliphatic carbocycles. The first-order valence-corrected chi connectivity index (χ1v) is 34.2. The van der Waals surface area contributed by atoms with E-state index in [9.17, 15) is 14.4 Å². The molecule has 0 spiro atoms. The molecule has 0 radical (unpaired) electrons. The molecule has 0 rings (SSSR count). The quantitative estimate of drug-likeness (QED) is 0.0261. The Bertz CT molecular complexity index is 1560. The number of allylic oxidation sites excluding steroid dienone is 16. The molecule has 0 saturated heterocycles. The van der Waals surface area contributed by atoms with Gasteiger partial charge in [0.1, 0.15) is 13.2 Å². The Morgan fingerprint density at radius 1 is 0.263 bits per heavy atom. The molecule has 0 aliphatic rings. The summed E-state index contributed by atoms with van der Waals surface area (Å²) in [5, 5.41) is 0. The largest absolute Gasteiger partial charge is 0.462 e. The third kappa shape index (κ3) is 65.1. The summed E-state index contributed by atoms with van der Waals surface area (Å²) < 4.78 is 17.0. The number of unbranched alkanes of at least 4 members (excludes halogenated alkanes) is 35. The zero-order valence-corrected chi connectivity index (χ0v) is 52.8. The predicted molar refractivity (Wildman–Crippen MR) is 348 cm³/mol. The third-order valence-electron chi connectivity index (χ3n) is 14.8. The molecular weight excluding hydrogens is 985 g/mol. The zero-order valence-electron chi connectivity index (χ0n) is 52.8. The summed E-state index contributed by atoms with van der Waals surface area (Å²) >= 11 is 0. The van der Waals surface area contributed by atoms with E-state index in [0.29, 0.717) is 19.3 Å². The van der Waals surface area contributed by atoms with Crippen LogP contribution in [-0.4, -0.2) is 37.2 Å². The molecule has 1 atom stereocenters. The molecule has 0 aromatic heterocycles. The smallest absolute Gasteiger partial charge is 0.306 e. The fraction of sp³-hybridized carbons (Fsp3) is 0.743. The molecule has 80 heavy (non-hydrogen) atoms. The number of rotatable bonds is 62. The number of hydrogen-bond donors (Lipinski definition) is 0. The van der Waals surface area contributed by atoms with Crippen LogP contribution < -0.4 is 0 Å². The van der Waals surface area contributed by atoms with Crippen LogP contribution in [0.5, 0.6) is 0 Å². The average molecular weight is 1110 g/mol. The highest BCUT2D eigenvalue weighted by Gasteiger charge is 2.19. The van der Waals surface area contributed by atoms with Gasteiger partial charge in [0.05, 0.1) is 0 Å². The highest BCUT2D eigenvalue weighted by atomic mass is 16.6. The first-order chi connectivity index (χ1) is 39.5. The van der Waals surface area contributed by atoms with Gasteiger partial charge < -0.3 is 14.2 Å². The summed E-state index contributed by atoms with van der Waals surface area (Å²) in [6.45, 7) is 6.52. The maximum Gasteiger partial charge on any atom is 0.306 e. The molecule has 6 nitrogen and oxygen atoms in total. The van der Waals surface area contributed by atoms with E-state index < -0.39 is 6.10 Å². The molecule has 460 valence electrons. The van der Waals surface area contributed by atoms with Crippen LogP contribution in [0, 0.1) is 0 Å². The van der Waals surface area contributed by atoms with Gasteiger partial charge in [-0.2, -0.15) is 0 Å². The van der Waals surface area contributed by atoms with Crippen molar-refractivity contribution in [3.63, 3.8) is 0 Å². The van der Waals surface area contributed by atoms with E-state index in [4.69, 9.17) is 14.2 Å². The normalized spacial score (nSPS) is 12.7. The van der Waals surface area contributed by atoms with E-state index in [0.717, 1.165) is 128 Å². The third-order valence-corrected chi connectivity index (χ3v) is 14.8. The minimum Gasteiger partial charge on any atom is -0.462 e. The summed E-state index contributed by atoms with van der Waals surface area (Å²) in [6, 6.07) is 0. The second-order valence-electron chi connectivity index (χ2n) is 22.7. The number of carbonyl (C=O) groups is 3. The van der Waals surface area contributed by atoms with Crippen LogP contribution >= 0.6 is 0 Å². The molecule has 0 heterocycles. The highest BCUT2D eigenvalue weighted by Crippen LogP contribution is 2.17. The average Bonchev–Trinajstić information content (AvgIpc) is 3.46. The topological polar surface area (TPSA) is 78.9 Å². The minimum atomic E-state index is -0.796. The second-order valence-corrected chi connectivity index (χ2v) is 22.7. The fourth-order valence-electron chi connectivity index (χ4n) is 9.71. The molecule has 0 aliphatic heterocycles. The Hall–Kier alpha value is -3.67. The first kappa shape index (κ1) is 76.3. The van der Waals surface area contributed by atoms with Crippen molar-refractivity contribution >= 4 is 17.9 Å². The first-order valence-electron chi connectivity index (χ1n) is 34.2. The van der Waals surface area contributed by atoms with Crippen molar-refractivity contribution in [2.75, 3.05) is 13.2 Å². The molecule has 0 amide bonds. The lowest BCUT2D eigenvalue weighted by Gasteiger charge is -2.18. The van der Waals surface area contributed by atoms with Crippen LogP contribution in [-0.2, 0) is 28.6 Å². The van der Waals surface area contributed by atoms with Crippen LogP contribution in [0.15, 0.2) is 97.2 Å². The van der Waals surface area contributed by atoms with Gasteiger partial charge in [0.15, 0.2) is 6.10 Å². The summed E-state index contributed by atoms with van der Waals surface area (Å²) in [5.41, 5.74) is 0. The summed E-state index contributed by atoms with van der Waals surface area (Å²) in [4.78, 5) is 38.5. The zero-order chi connectivity index (χ0) is 57.8. The number of carbonyl (C=O) groups excluding carboxylic acids is 3. The molecule has 0 fully saturated rings. The van der Waals surface area contributed by atoms with Gasteiger partial charge in [0.25, 0.3) is 0 Å². The Morgan fingerprint density at radius 2 is 0.487 bits per heavy atom. The van der Waals surface area contributed by atoms with Gasteiger partial charge >= 0.3 is 17.9 Å². The Morgan fingerprint density at radius 3 is 0.787 bits per heavy atom. The van der Waals surface area contributed by atoms with Gasteiger partial charge in [0.2, 0.25) is 0 Å². The summed E-state index contributed by atoms with van der Waals surface area (Å²) in [7, 11) is 0. The standard InChI is InChI=1S/C74H128O6/c1-4-7-10-13-16-19-22-25-28-31-34-36-38-40-43-46-49-52-55-58-61-64-67-73(76)79-70-71(69-78-72(75)66-63-60-57-54-51-48-45-42-39-33-30-27-24-21-18-15-12-9-6-3)80-74(77)68-65-62-59-56-53-50-47-44-41-37-35-32-29-26-23-20-17-14-11-8-5-2/h8,11,17-18,20-21,26-27,29-30,35,37,39,42,44,47,71H,4-7,9-10,12-16,19,22-25,28,31-34,36,38,40-41,43,45-46,48-70H2,1-3H3/b11-8-,20-17-,21-18-,29-26-,30-27-,37-35-,42-39-,47-44-. The van der Waals surface area contributed by atoms with E-state index in [1.54, 1.807) is 0 Å². The molecule has 0 bridgehead atoms. The SMILES string of the molecule is CC/C=C\C/C=C\C/C=C\C/C=C\C/C=C\CCCCCCCC(=O)OC(COC(=O)CCCCCCCC/C=C\C/C=C\C/C=C\CCCCC)COC(=O)CCCCCCCCCCCCCCCCCCCCCCCC. The molecule has 1 unspecified atom stereocenters. The van der Waals surface area contributed by atoms with Gasteiger partial charge in [-0.3, -0.25) is 14.4 Å². The number of esters is 3. The molecule has 0 aromatic rings. The summed E-state index contributed by atoms with van der Waals surface area (Å²) in [6.07, 6.45) is 91.3. The van der Waals surface area contributed by atoms with Crippen molar-refractivity contribution in [1.29, 1.82) is 0 Å². The Labute approximate surface area is 496 Å². The lowest BCUT2D eigenvalue weighted by Crippen LogP contribution is -2.30. The van der Waals surface area contributed by atoms with Crippen molar-refractivity contribution in [1.82, 2.24) is 0 Å². The second kappa shape index (κ2) is 67.8. The van der Waals surface area contributed by atoms with Crippen LogP contribution in [0.3, 0.4) is 0 Å². The van der Waals surface area contributed by atoms with Crippen molar-refractivity contribution < 1.29 is 28.6 Å². The van der Waals surface area contributed by atoms with Crippen molar-refractivity contribution in [3.8, 4) is 0 Å². The van der Waals surface area contributed by atoms with E-state index in [-0.39, 0.29) is 31.1 Å². The van der Waals surface area contributed by atoms with E-state index in [1.807, 2.05) is 0 Å². The highest BCUT2D eigenvalue weighted by molar-refractivity contribution is 5.71. The van der Waals surface area contributed by atoms with Gasteiger partial charge in [-0.15, -0.1) is 0 Å². The summed E-state index contributed by atoms with van der Waals surface area (Å²) in [5.74, 6) is -0.904.